The number of nitrogens with one attached hydrogen (secondary N) is 1. The molecular weight excluding hydrogens is 470 g/mol. The molecule has 0 saturated heterocycles. The van der Waals surface area contributed by atoms with E-state index in [-0.39, 0.29) is 17.2 Å². The SMILES string of the molecule is Cc1c(Cl)cccc1NC(=O)CSc1nnc2n(Cc3ccccc3)c(=O)c3ccccc3n12. The van der Waals surface area contributed by atoms with Crippen molar-refractivity contribution in [1.82, 2.24) is 19.2 Å². The lowest BCUT2D eigenvalue weighted by Crippen LogP contribution is -2.24. The summed E-state index contributed by atoms with van der Waals surface area (Å²) in [5.74, 6) is 0.369. The summed E-state index contributed by atoms with van der Waals surface area (Å²) in [7, 11) is 0. The van der Waals surface area contributed by atoms with Crippen LogP contribution in [0, 0.1) is 6.92 Å². The zero-order valence-electron chi connectivity index (χ0n) is 18.2. The second-order valence-electron chi connectivity index (χ2n) is 7.76. The Morgan fingerprint density at radius 2 is 1.76 bits per heavy atom. The van der Waals surface area contributed by atoms with Crippen molar-refractivity contribution in [3.8, 4) is 0 Å². The first kappa shape index (κ1) is 22.2. The Morgan fingerprint density at radius 1 is 1.00 bits per heavy atom. The van der Waals surface area contributed by atoms with Crippen LogP contribution in [0.15, 0.2) is 82.7 Å². The third kappa shape index (κ3) is 4.18. The number of para-hydroxylation sites is 1. The number of fused-ring (bicyclic) bond motifs is 3. The van der Waals surface area contributed by atoms with Crippen molar-refractivity contribution < 1.29 is 4.79 Å². The molecule has 1 N–H and O–H groups in total. The van der Waals surface area contributed by atoms with Crippen LogP contribution in [0.1, 0.15) is 11.1 Å². The first-order chi connectivity index (χ1) is 16.5. The Labute approximate surface area is 204 Å². The van der Waals surface area contributed by atoms with Crippen LogP contribution in [0.3, 0.4) is 0 Å². The van der Waals surface area contributed by atoms with Crippen LogP contribution in [-0.4, -0.2) is 30.8 Å². The average molecular weight is 490 g/mol. The molecule has 0 atom stereocenters. The molecule has 5 rings (SSSR count). The van der Waals surface area contributed by atoms with Crippen molar-refractivity contribution in [3.63, 3.8) is 0 Å². The fourth-order valence-electron chi connectivity index (χ4n) is 3.79. The lowest BCUT2D eigenvalue weighted by Gasteiger charge is -2.12. The monoisotopic (exact) mass is 489 g/mol. The number of halogens is 1. The van der Waals surface area contributed by atoms with E-state index in [0.717, 1.165) is 11.1 Å². The van der Waals surface area contributed by atoms with Crippen molar-refractivity contribution in [2.24, 2.45) is 0 Å². The zero-order valence-corrected chi connectivity index (χ0v) is 19.8. The normalized spacial score (nSPS) is 11.2. The maximum Gasteiger partial charge on any atom is 0.263 e. The molecule has 0 saturated carbocycles. The van der Waals surface area contributed by atoms with Crippen LogP contribution >= 0.6 is 23.4 Å². The minimum atomic E-state index is -0.186. The number of thioether (sulfide) groups is 1. The van der Waals surface area contributed by atoms with Crippen LogP contribution < -0.4 is 10.9 Å². The molecule has 0 aliphatic carbocycles. The van der Waals surface area contributed by atoms with Crippen molar-refractivity contribution in [3.05, 3.63) is 99.3 Å². The fourth-order valence-corrected chi connectivity index (χ4v) is 4.71. The molecule has 0 aliphatic rings. The molecule has 2 heterocycles. The highest BCUT2D eigenvalue weighted by molar-refractivity contribution is 7.99. The molecule has 0 unspecified atom stereocenters. The second kappa shape index (κ2) is 9.32. The molecule has 0 fully saturated rings. The number of hydrogen-bond acceptors (Lipinski definition) is 5. The van der Waals surface area contributed by atoms with E-state index in [1.54, 1.807) is 22.8 Å². The number of anilines is 1. The van der Waals surface area contributed by atoms with Gasteiger partial charge >= 0.3 is 0 Å². The summed E-state index contributed by atoms with van der Waals surface area (Å²) in [5, 5.41) is 13.2. The third-order valence-electron chi connectivity index (χ3n) is 5.54. The predicted octanol–water partition coefficient (Wildman–Crippen LogP) is 4.79. The number of rotatable bonds is 6. The molecule has 1 amide bonds. The van der Waals surface area contributed by atoms with Gasteiger partial charge in [-0.25, -0.2) is 0 Å². The van der Waals surface area contributed by atoms with Crippen molar-refractivity contribution in [1.29, 1.82) is 0 Å². The van der Waals surface area contributed by atoms with Crippen molar-refractivity contribution >= 4 is 51.6 Å². The van der Waals surface area contributed by atoms with E-state index < -0.39 is 0 Å². The largest absolute Gasteiger partial charge is 0.325 e. The Morgan fingerprint density at radius 3 is 2.59 bits per heavy atom. The molecule has 9 heteroatoms. The van der Waals surface area contributed by atoms with Gasteiger partial charge < -0.3 is 5.32 Å². The van der Waals surface area contributed by atoms with Crippen LogP contribution in [0.2, 0.25) is 5.02 Å². The van der Waals surface area contributed by atoms with Crippen LogP contribution in [0.25, 0.3) is 16.7 Å². The van der Waals surface area contributed by atoms with E-state index in [4.69, 9.17) is 11.6 Å². The number of carbonyl (C=O) groups excluding carboxylic acids is 1. The second-order valence-corrected chi connectivity index (χ2v) is 9.11. The molecule has 7 nitrogen and oxygen atoms in total. The van der Waals surface area contributed by atoms with E-state index >= 15 is 0 Å². The molecule has 170 valence electrons. The standard InChI is InChI=1S/C25H20ClN5O2S/c1-16-19(26)11-7-12-20(16)27-22(32)15-34-25-29-28-24-30(14-17-8-3-2-4-9-17)23(33)18-10-5-6-13-21(18)31(24)25/h2-13H,14-15H2,1H3,(H,27,32). The van der Waals surface area contributed by atoms with Gasteiger partial charge in [-0.2, -0.15) is 0 Å². The van der Waals surface area contributed by atoms with Gasteiger partial charge in [0, 0.05) is 10.7 Å². The highest BCUT2D eigenvalue weighted by Gasteiger charge is 2.18. The van der Waals surface area contributed by atoms with E-state index in [2.05, 4.69) is 15.5 Å². The summed E-state index contributed by atoms with van der Waals surface area (Å²) >= 11 is 7.41. The minimum Gasteiger partial charge on any atom is -0.325 e. The Hall–Kier alpha value is -3.62. The van der Waals surface area contributed by atoms with Crippen LogP contribution in [-0.2, 0) is 11.3 Å². The number of aromatic nitrogens is 4. The van der Waals surface area contributed by atoms with Crippen LogP contribution in [0.5, 0.6) is 0 Å². The average Bonchev–Trinajstić information content (AvgIpc) is 3.28. The summed E-state index contributed by atoms with van der Waals surface area (Å²) in [5.41, 5.74) is 3.03. The number of carbonyl (C=O) groups is 1. The van der Waals surface area contributed by atoms with Gasteiger partial charge in [0.05, 0.1) is 23.2 Å². The van der Waals surface area contributed by atoms with Gasteiger partial charge in [0.2, 0.25) is 11.7 Å². The third-order valence-corrected chi connectivity index (χ3v) is 6.87. The maximum atomic E-state index is 13.3. The summed E-state index contributed by atoms with van der Waals surface area (Å²) in [6.45, 7) is 2.22. The maximum absolute atomic E-state index is 13.3. The highest BCUT2D eigenvalue weighted by atomic mass is 35.5. The van der Waals surface area contributed by atoms with E-state index in [0.29, 0.717) is 39.1 Å². The fraction of sp³-hybridized carbons (Fsp3) is 0.120. The topological polar surface area (TPSA) is 81.3 Å². The summed E-state index contributed by atoms with van der Waals surface area (Å²) in [6, 6.07) is 22.5. The molecular formula is C25H20ClN5O2S. The number of nitrogens with zero attached hydrogens (tertiary/aromatic N) is 4. The van der Waals surface area contributed by atoms with Gasteiger partial charge in [-0.3, -0.25) is 18.6 Å². The van der Waals surface area contributed by atoms with Crippen LogP contribution in [0.4, 0.5) is 5.69 Å². The van der Waals surface area contributed by atoms with Gasteiger partial charge in [-0.15, -0.1) is 10.2 Å². The molecule has 0 aliphatic heterocycles. The molecule has 34 heavy (non-hydrogen) atoms. The number of amides is 1. The van der Waals surface area contributed by atoms with Gasteiger partial charge in [0.25, 0.3) is 5.56 Å². The summed E-state index contributed by atoms with van der Waals surface area (Å²) in [6.07, 6.45) is 0. The van der Waals surface area contributed by atoms with E-state index in [1.165, 1.54) is 11.8 Å². The lowest BCUT2D eigenvalue weighted by molar-refractivity contribution is -0.113. The van der Waals surface area contributed by atoms with E-state index in [9.17, 15) is 9.59 Å². The Bertz CT molecular complexity index is 1580. The Balaban J connectivity index is 1.49. The van der Waals surface area contributed by atoms with E-state index in [1.807, 2.05) is 65.9 Å². The van der Waals surface area contributed by atoms with Crippen molar-refractivity contribution in [2.75, 3.05) is 11.1 Å². The lowest BCUT2D eigenvalue weighted by atomic mass is 10.2. The quantitative estimate of drug-likeness (QED) is 0.347. The number of hydrogen-bond donors (Lipinski definition) is 1. The van der Waals surface area contributed by atoms with Gasteiger partial charge in [-0.1, -0.05) is 71.9 Å². The molecule has 0 spiro atoms. The minimum absolute atomic E-state index is 0.124. The van der Waals surface area contributed by atoms with Gasteiger partial charge in [-0.05, 0) is 42.3 Å². The first-order valence-corrected chi connectivity index (χ1v) is 12.0. The zero-order chi connectivity index (χ0) is 23.7. The van der Waals surface area contributed by atoms with Gasteiger partial charge in [0.1, 0.15) is 0 Å². The summed E-state index contributed by atoms with van der Waals surface area (Å²) in [4.78, 5) is 25.9. The highest BCUT2D eigenvalue weighted by Crippen LogP contribution is 2.25. The Kier molecular flexibility index (Phi) is 6.08. The molecule has 5 aromatic rings. The smallest absolute Gasteiger partial charge is 0.263 e. The molecule has 2 aromatic heterocycles. The molecule has 0 radical (unpaired) electrons. The molecule has 3 aromatic carbocycles. The predicted molar refractivity (Wildman–Crippen MR) is 136 cm³/mol. The number of benzene rings is 3. The molecule has 0 bridgehead atoms. The first-order valence-electron chi connectivity index (χ1n) is 10.6. The summed E-state index contributed by atoms with van der Waals surface area (Å²) < 4.78 is 3.45. The van der Waals surface area contributed by atoms with Gasteiger partial charge in [0.15, 0.2) is 5.16 Å². The van der Waals surface area contributed by atoms with Crippen molar-refractivity contribution in [2.45, 2.75) is 18.6 Å².